The quantitative estimate of drug-likeness (QED) is 0.594. The van der Waals surface area contributed by atoms with Crippen molar-refractivity contribution in [3.63, 3.8) is 0 Å². The first-order valence-corrected chi connectivity index (χ1v) is 9.13. The monoisotopic (exact) mass is 415 g/mol. The molecule has 0 unspecified atom stereocenters. The van der Waals surface area contributed by atoms with Gasteiger partial charge in [0.15, 0.2) is 0 Å². The Morgan fingerprint density at radius 2 is 1.67 bits per heavy atom. The van der Waals surface area contributed by atoms with Gasteiger partial charge in [0.05, 0.1) is 5.69 Å². The molecule has 0 aliphatic rings. The third-order valence-corrected chi connectivity index (χ3v) is 4.14. The van der Waals surface area contributed by atoms with Crippen LogP contribution in [0, 0.1) is 5.41 Å². The first kappa shape index (κ1) is 21.3. The Balaban J connectivity index is 1.94. The van der Waals surface area contributed by atoms with Crippen molar-refractivity contribution < 1.29 is 22.7 Å². The first-order valence-electron chi connectivity index (χ1n) is 9.13. The van der Waals surface area contributed by atoms with E-state index in [1.54, 1.807) is 63.2 Å². The zero-order valence-electron chi connectivity index (χ0n) is 16.6. The van der Waals surface area contributed by atoms with Crippen LogP contribution in [-0.4, -0.2) is 22.2 Å². The fraction of sp³-hybridized carbons (Fsp3) is 0.227. The summed E-state index contributed by atoms with van der Waals surface area (Å²) in [4.78, 5) is 20.6. The molecule has 5 nitrogen and oxygen atoms in total. The highest BCUT2D eigenvalue weighted by Crippen LogP contribution is 2.35. The van der Waals surface area contributed by atoms with Crippen LogP contribution in [-0.2, 0) is 4.79 Å². The molecule has 0 radical (unpaired) electrons. The van der Waals surface area contributed by atoms with Gasteiger partial charge >= 0.3 is 6.36 Å². The van der Waals surface area contributed by atoms with Crippen LogP contribution in [0.5, 0.6) is 5.75 Å². The summed E-state index contributed by atoms with van der Waals surface area (Å²) in [5.41, 5.74) is 1.40. The van der Waals surface area contributed by atoms with Crippen LogP contribution < -0.4 is 10.1 Å². The predicted octanol–water partition coefficient (Wildman–Crippen LogP) is 5.69. The number of anilines is 1. The van der Waals surface area contributed by atoms with Crippen LogP contribution in [0.25, 0.3) is 22.4 Å². The normalized spacial score (nSPS) is 11.8. The number of rotatable bonds is 4. The highest BCUT2D eigenvalue weighted by Gasteiger charge is 2.32. The molecule has 2 aromatic carbocycles. The van der Waals surface area contributed by atoms with Crippen LogP contribution in [0.2, 0.25) is 0 Å². The number of nitrogens with one attached hydrogen (secondary N) is 1. The number of hydrogen-bond acceptors (Lipinski definition) is 4. The maximum absolute atomic E-state index is 12.7. The molecule has 1 amide bonds. The van der Waals surface area contributed by atoms with Crippen molar-refractivity contribution in [2.75, 3.05) is 5.32 Å². The minimum atomic E-state index is -4.79. The molecule has 3 aromatic rings. The molecule has 0 aliphatic heterocycles. The summed E-state index contributed by atoms with van der Waals surface area (Å²) in [5, 5.41) is 2.67. The van der Waals surface area contributed by atoms with E-state index in [1.807, 2.05) is 0 Å². The molecule has 1 N–H and O–H groups in total. The number of amides is 1. The van der Waals surface area contributed by atoms with E-state index in [0.29, 0.717) is 22.4 Å². The molecular formula is C22H20F3N3O2. The smallest absolute Gasteiger partial charge is 0.405 e. The molecule has 0 saturated heterocycles. The molecule has 1 aromatic heterocycles. The van der Waals surface area contributed by atoms with Gasteiger partial charge in [0.2, 0.25) is 11.9 Å². The number of hydrogen-bond donors (Lipinski definition) is 1. The van der Waals surface area contributed by atoms with E-state index in [-0.39, 0.29) is 17.6 Å². The van der Waals surface area contributed by atoms with E-state index in [9.17, 15) is 18.0 Å². The zero-order chi connectivity index (χ0) is 21.9. The lowest BCUT2D eigenvalue weighted by Crippen LogP contribution is -2.28. The van der Waals surface area contributed by atoms with Gasteiger partial charge in [0.25, 0.3) is 0 Å². The SMILES string of the molecule is CC(C)(C)C(=O)Nc1nccc(-c2cccc(-c3ccccc3OC(F)(F)F)c2)n1. The van der Waals surface area contributed by atoms with Crippen molar-refractivity contribution in [2.24, 2.45) is 5.41 Å². The summed E-state index contributed by atoms with van der Waals surface area (Å²) in [7, 11) is 0. The Bertz CT molecular complexity index is 1060. The summed E-state index contributed by atoms with van der Waals surface area (Å²) in [6.07, 6.45) is -3.28. The van der Waals surface area contributed by atoms with Gasteiger partial charge in [-0.25, -0.2) is 9.97 Å². The second kappa shape index (κ2) is 8.14. The standard InChI is InChI=1S/C22H20F3N3O2/c1-21(2,3)19(29)28-20-26-12-11-17(27-20)15-8-6-7-14(13-15)16-9-4-5-10-18(16)30-22(23,24)25/h4-13H,1-3H3,(H,26,27,28,29). The minimum absolute atomic E-state index is 0.152. The van der Waals surface area contributed by atoms with Crippen LogP contribution in [0.1, 0.15) is 20.8 Å². The molecule has 156 valence electrons. The Morgan fingerprint density at radius 1 is 0.967 bits per heavy atom. The second-order valence-corrected chi connectivity index (χ2v) is 7.59. The third-order valence-electron chi connectivity index (χ3n) is 4.14. The van der Waals surface area contributed by atoms with Gasteiger partial charge in [-0.3, -0.25) is 10.1 Å². The molecule has 0 saturated carbocycles. The number of ether oxygens (including phenoxy) is 1. The largest absolute Gasteiger partial charge is 0.573 e. The Kier molecular flexibility index (Phi) is 5.78. The average Bonchev–Trinajstić information content (AvgIpc) is 2.67. The molecule has 1 heterocycles. The van der Waals surface area contributed by atoms with Gasteiger partial charge in [-0.05, 0) is 23.8 Å². The van der Waals surface area contributed by atoms with Crippen molar-refractivity contribution in [3.8, 4) is 28.1 Å². The van der Waals surface area contributed by atoms with Gasteiger partial charge < -0.3 is 4.74 Å². The molecule has 8 heteroatoms. The molecule has 0 atom stereocenters. The van der Waals surface area contributed by atoms with E-state index in [2.05, 4.69) is 20.0 Å². The predicted molar refractivity (Wildman–Crippen MR) is 108 cm³/mol. The van der Waals surface area contributed by atoms with Crippen molar-refractivity contribution in [1.29, 1.82) is 0 Å². The Hall–Kier alpha value is -3.42. The Labute approximate surface area is 171 Å². The van der Waals surface area contributed by atoms with Crippen LogP contribution in [0.3, 0.4) is 0 Å². The van der Waals surface area contributed by atoms with Crippen molar-refractivity contribution in [2.45, 2.75) is 27.1 Å². The number of para-hydroxylation sites is 1. The van der Waals surface area contributed by atoms with E-state index in [0.717, 1.165) is 0 Å². The topological polar surface area (TPSA) is 64.1 Å². The first-order chi connectivity index (χ1) is 14.0. The van der Waals surface area contributed by atoms with Crippen molar-refractivity contribution in [1.82, 2.24) is 9.97 Å². The van der Waals surface area contributed by atoms with Gasteiger partial charge in [-0.15, -0.1) is 13.2 Å². The fourth-order valence-electron chi connectivity index (χ4n) is 2.63. The molecule has 0 spiro atoms. The van der Waals surface area contributed by atoms with Gasteiger partial charge in [-0.1, -0.05) is 57.2 Å². The van der Waals surface area contributed by atoms with E-state index in [1.165, 1.54) is 18.3 Å². The lowest BCUT2D eigenvalue weighted by Gasteiger charge is -2.17. The second-order valence-electron chi connectivity index (χ2n) is 7.59. The molecule has 30 heavy (non-hydrogen) atoms. The van der Waals surface area contributed by atoms with Crippen molar-refractivity contribution in [3.05, 3.63) is 60.8 Å². The summed E-state index contributed by atoms with van der Waals surface area (Å²) in [6, 6.07) is 14.5. The third kappa shape index (κ3) is 5.34. The van der Waals surface area contributed by atoms with Gasteiger partial charge in [-0.2, -0.15) is 0 Å². The lowest BCUT2D eigenvalue weighted by molar-refractivity contribution is -0.274. The maximum Gasteiger partial charge on any atom is 0.573 e. The summed E-state index contributed by atoms with van der Waals surface area (Å²) in [5.74, 6) is -0.367. The lowest BCUT2D eigenvalue weighted by atomic mass is 9.96. The van der Waals surface area contributed by atoms with E-state index < -0.39 is 11.8 Å². The number of nitrogens with zero attached hydrogens (tertiary/aromatic N) is 2. The van der Waals surface area contributed by atoms with Crippen LogP contribution in [0.15, 0.2) is 60.8 Å². The molecule has 0 fully saturated rings. The van der Waals surface area contributed by atoms with Gasteiger partial charge in [0.1, 0.15) is 5.75 Å². The highest BCUT2D eigenvalue weighted by atomic mass is 19.4. The molecule has 3 rings (SSSR count). The summed E-state index contributed by atoms with van der Waals surface area (Å²) < 4.78 is 42.4. The zero-order valence-corrected chi connectivity index (χ0v) is 16.6. The summed E-state index contributed by atoms with van der Waals surface area (Å²) in [6.45, 7) is 5.32. The summed E-state index contributed by atoms with van der Waals surface area (Å²) >= 11 is 0. The van der Waals surface area contributed by atoms with Crippen molar-refractivity contribution >= 4 is 11.9 Å². The number of aromatic nitrogens is 2. The van der Waals surface area contributed by atoms with E-state index in [4.69, 9.17) is 0 Å². The number of alkyl halides is 3. The molecule has 0 bridgehead atoms. The fourth-order valence-corrected chi connectivity index (χ4v) is 2.63. The average molecular weight is 415 g/mol. The molecular weight excluding hydrogens is 395 g/mol. The van der Waals surface area contributed by atoms with Crippen LogP contribution >= 0.6 is 0 Å². The highest BCUT2D eigenvalue weighted by molar-refractivity contribution is 5.93. The minimum Gasteiger partial charge on any atom is -0.405 e. The number of carbonyl (C=O) groups is 1. The van der Waals surface area contributed by atoms with Gasteiger partial charge in [0, 0.05) is 22.7 Å². The number of halogens is 3. The maximum atomic E-state index is 12.7. The van der Waals surface area contributed by atoms with E-state index >= 15 is 0 Å². The number of carbonyl (C=O) groups excluding carboxylic acids is 1. The van der Waals surface area contributed by atoms with Crippen LogP contribution in [0.4, 0.5) is 19.1 Å². The molecule has 0 aliphatic carbocycles. The number of benzene rings is 2. The Morgan fingerprint density at radius 3 is 2.37 bits per heavy atom.